The van der Waals surface area contributed by atoms with E-state index in [1.54, 1.807) is 36.0 Å². The normalized spacial score (nSPS) is 18.8. The molecule has 3 aliphatic rings. The van der Waals surface area contributed by atoms with Gasteiger partial charge in [0.15, 0.2) is 0 Å². The van der Waals surface area contributed by atoms with E-state index in [4.69, 9.17) is 21.6 Å². The first kappa shape index (κ1) is 29.0. The van der Waals surface area contributed by atoms with Gasteiger partial charge >= 0.3 is 0 Å². The molecule has 1 N–H and O–H groups in total. The van der Waals surface area contributed by atoms with Crippen LogP contribution in [0.1, 0.15) is 52.7 Å². The molecule has 3 aliphatic heterocycles. The number of carbonyl (C=O) groups excluding carboxylic acids is 3. The van der Waals surface area contributed by atoms with Gasteiger partial charge in [-0.05, 0) is 67.3 Å². The number of nitrogens with zero attached hydrogens (tertiary/aromatic N) is 3. The third-order valence-corrected chi connectivity index (χ3v) is 9.92. The van der Waals surface area contributed by atoms with Crippen LogP contribution < -0.4 is 15.0 Å². The molecule has 3 amide bonds. The molecule has 0 aliphatic carbocycles. The summed E-state index contributed by atoms with van der Waals surface area (Å²) in [7, 11) is 0. The van der Waals surface area contributed by atoms with Crippen LogP contribution in [0.25, 0.3) is 0 Å². The number of anilines is 1. The molecule has 43 heavy (non-hydrogen) atoms. The maximum Gasteiger partial charge on any atom is 0.255 e. The fraction of sp³-hybridized carbons (Fsp3) is 0.312. The van der Waals surface area contributed by atoms with Gasteiger partial charge in [0, 0.05) is 40.8 Å². The first-order valence-corrected chi connectivity index (χ1v) is 15.4. The van der Waals surface area contributed by atoms with Gasteiger partial charge < -0.3 is 14.5 Å². The molecule has 1 atom stereocenters. The van der Waals surface area contributed by atoms with Crippen molar-refractivity contribution in [3.05, 3.63) is 87.7 Å². The van der Waals surface area contributed by atoms with Crippen molar-refractivity contribution in [3.63, 3.8) is 0 Å². The summed E-state index contributed by atoms with van der Waals surface area (Å²) >= 11 is 8.39. The van der Waals surface area contributed by atoms with E-state index in [-0.39, 0.29) is 37.2 Å². The van der Waals surface area contributed by atoms with Crippen LogP contribution in [0.3, 0.4) is 0 Å². The van der Waals surface area contributed by atoms with Crippen LogP contribution in [-0.4, -0.2) is 47.0 Å². The largest absolute Gasteiger partial charge is 0.489 e. The fourth-order valence-electron chi connectivity index (χ4n) is 5.81. The Morgan fingerprint density at radius 1 is 1.07 bits per heavy atom. The smallest absolute Gasteiger partial charge is 0.255 e. The van der Waals surface area contributed by atoms with Gasteiger partial charge in [-0.1, -0.05) is 23.7 Å². The standard InChI is InChI=1S/C32H28ClFN4O4S/c33-24-14-20(5-8-29(24)43-21-10-12-37(13-11-21)26-6-4-19(16-35)15-25(26)34)18-42-28-3-1-2-22-23(28)17-38(32(22)41)27-7-9-30(39)36-31(27)40/h1-6,8,14-15,21,27H,7,9-13,17-18H2,(H,36,39,40). The van der Waals surface area contributed by atoms with E-state index in [9.17, 15) is 18.8 Å². The molecule has 220 valence electrons. The van der Waals surface area contributed by atoms with Gasteiger partial charge in [0.1, 0.15) is 24.2 Å². The van der Waals surface area contributed by atoms with Crippen molar-refractivity contribution in [2.75, 3.05) is 18.0 Å². The van der Waals surface area contributed by atoms with Crippen LogP contribution in [0.2, 0.25) is 5.02 Å². The fourth-order valence-corrected chi connectivity index (χ4v) is 7.27. The summed E-state index contributed by atoms with van der Waals surface area (Å²) in [5.74, 6) is -0.810. The van der Waals surface area contributed by atoms with E-state index in [1.807, 2.05) is 35.2 Å². The van der Waals surface area contributed by atoms with Crippen LogP contribution in [0.5, 0.6) is 5.75 Å². The monoisotopic (exact) mass is 618 g/mol. The number of nitrogens with one attached hydrogen (secondary N) is 1. The predicted molar refractivity (Wildman–Crippen MR) is 160 cm³/mol. The SMILES string of the molecule is N#Cc1ccc(N2CCC(Sc3ccc(COc4cccc5c4CN(C4CCC(=O)NC4=O)C5=O)cc3Cl)CC2)c(F)c1. The van der Waals surface area contributed by atoms with Crippen molar-refractivity contribution in [2.24, 2.45) is 0 Å². The Hall–Kier alpha value is -4.07. The van der Waals surface area contributed by atoms with Crippen molar-refractivity contribution >= 4 is 46.8 Å². The number of fused-ring (bicyclic) bond motifs is 1. The Balaban J connectivity index is 1.05. The molecular formula is C32H28ClFN4O4S. The molecule has 3 heterocycles. The number of carbonyl (C=O) groups is 3. The summed E-state index contributed by atoms with van der Waals surface area (Å²) in [5, 5.41) is 12.3. The van der Waals surface area contributed by atoms with E-state index in [2.05, 4.69) is 5.32 Å². The number of rotatable bonds is 7. The number of nitriles is 1. The van der Waals surface area contributed by atoms with Crippen LogP contribution in [0, 0.1) is 17.1 Å². The summed E-state index contributed by atoms with van der Waals surface area (Å²) in [4.78, 5) is 41.5. The molecule has 6 rings (SSSR count). The Kier molecular flexibility index (Phi) is 8.28. The van der Waals surface area contributed by atoms with Gasteiger partial charge in [-0.15, -0.1) is 11.8 Å². The maximum atomic E-state index is 14.5. The molecule has 0 radical (unpaired) electrons. The van der Waals surface area contributed by atoms with Crippen LogP contribution in [0.15, 0.2) is 59.5 Å². The number of amides is 3. The molecule has 0 spiro atoms. The van der Waals surface area contributed by atoms with E-state index < -0.39 is 11.9 Å². The van der Waals surface area contributed by atoms with E-state index in [0.717, 1.165) is 42.0 Å². The topological polar surface area (TPSA) is 103 Å². The highest BCUT2D eigenvalue weighted by atomic mass is 35.5. The second-order valence-electron chi connectivity index (χ2n) is 10.8. The number of imide groups is 1. The highest BCUT2D eigenvalue weighted by Crippen LogP contribution is 2.38. The van der Waals surface area contributed by atoms with E-state index in [0.29, 0.717) is 39.3 Å². The van der Waals surface area contributed by atoms with Gasteiger partial charge in [-0.3, -0.25) is 19.7 Å². The van der Waals surface area contributed by atoms with Gasteiger partial charge in [0.25, 0.3) is 5.91 Å². The van der Waals surface area contributed by atoms with Gasteiger partial charge in [-0.2, -0.15) is 5.26 Å². The molecule has 2 fully saturated rings. The van der Waals surface area contributed by atoms with Crippen molar-refractivity contribution in [3.8, 4) is 11.8 Å². The molecule has 8 nitrogen and oxygen atoms in total. The summed E-state index contributed by atoms with van der Waals surface area (Å²) < 4.78 is 20.6. The van der Waals surface area contributed by atoms with Crippen molar-refractivity contribution < 1.29 is 23.5 Å². The minimum atomic E-state index is -0.682. The zero-order valence-electron chi connectivity index (χ0n) is 23.1. The third kappa shape index (κ3) is 6.05. The maximum absolute atomic E-state index is 14.5. The predicted octanol–water partition coefficient (Wildman–Crippen LogP) is 5.45. The number of hydrogen-bond acceptors (Lipinski definition) is 7. The van der Waals surface area contributed by atoms with Gasteiger partial charge in [0.2, 0.25) is 11.8 Å². The van der Waals surface area contributed by atoms with Gasteiger partial charge in [-0.25, -0.2) is 4.39 Å². The lowest BCUT2D eigenvalue weighted by molar-refractivity contribution is -0.136. The number of ether oxygens (including phenoxy) is 1. The molecule has 0 bridgehead atoms. The lowest BCUT2D eigenvalue weighted by Crippen LogP contribution is -2.52. The van der Waals surface area contributed by atoms with E-state index in [1.165, 1.54) is 11.0 Å². The Morgan fingerprint density at radius 3 is 2.60 bits per heavy atom. The van der Waals surface area contributed by atoms with Crippen molar-refractivity contribution in [1.82, 2.24) is 10.2 Å². The molecular weight excluding hydrogens is 591 g/mol. The molecule has 0 aromatic heterocycles. The summed E-state index contributed by atoms with van der Waals surface area (Å²) in [5.41, 5.74) is 2.95. The summed E-state index contributed by atoms with van der Waals surface area (Å²) in [6.07, 6.45) is 2.25. The first-order valence-electron chi connectivity index (χ1n) is 14.1. The number of halogens is 2. The molecule has 11 heteroatoms. The number of benzene rings is 3. The Labute approximate surface area is 257 Å². The minimum Gasteiger partial charge on any atom is -0.489 e. The zero-order valence-corrected chi connectivity index (χ0v) is 24.7. The number of thioether (sulfide) groups is 1. The highest BCUT2D eigenvalue weighted by molar-refractivity contribution is 8.00. The average Bonchev–Trinajstić information content (AvgIpc) is 3.34. The summed E-state index contributed by atoms with van der Waals surface area (Å²) in [6, 6.07) is 17.0. The zero-order chi connectivity index (χ0) is 30.1. The molecule has 3 aromatic carbocycles. The highest BCUT2D eigenvalue weighted by Gasteiger charge is 2.40. The lowest BCUT2D eigenvalue weighted by Gasteiger charge is -2.33. The van der Waals surface area contributed by atoms with Crippen LogP contribution in [-0.2, 0) is 22.7 Å². The lowest BCUT2D eigenvalue weighted by atomic mass is 10.0. The quantitative estimate of drug-likeness (QED) is 0.351. The Morgan fingerprint density at radius 2 is 1.88 bits per heavy atom. The average molecular weight is 619 g/mol. The van der Waals surface area contributed by atoms with Crippen molar-refractivity contribution in [1.29, 1.82) is 5.26 Å². The van der Waals surface area contributed by atoms with E-state index >= 15 is 0 Å². The molecule has 1 unspecified atom stereocenters. The molecule has 3 aromatic rings. The van der Waals surface area contributed by atoms with Gasteiger partial charge in [0.05, 0.1) is 28.9 Å². The minimum absolute atomic E-state index is 0.201. The number of piperidine rings is 2. The molecule has 2 saturated heterocycles. The summed E-state index contributed by atoms with van der Waals surface area (Å²) in [6.45, 7) is 1.93. The first-order chi connectivity index (χ1) is 20.8. The second kappa shape index (κ2) is 12.3. The van der Waals surface area contributed by atoms with Crippen molar-refractivity contribution in [2.45, 2.75) is 55.0 Å². The Bertz CT molecular complexity index is 1650. The second-order valence-corrected chi connectivity index (χ2v) is 12.6. The van der Waals surface area contributed by atoms with Crippen LogP contribution in [0.4, 0.5) is 10.1 Å². The van der Waals surface area contributed by atoms with Crippen LogP contribution >= 0.6 is 23.4 Å². The third-order valence-electron chi connectivity index (χ3n) is 8.08. The molecule has 0 saturated carbocycles. The number of hydrogen-bond donors (Lipinski definition) is 1.